The van der Waals surface area contributed by atoms with Crippen LogP contribution in [0.2, 0.25) is 0 Å². The number of rotatable bonds is 4. The van der Waals surface area contributed by atoms with E-state index in [1.54, 1.807) is 24.3 Å². The first-order valence-electron chi connectivity index (χ1n) is 7.41. The van der Waals surface area contributed by atoms with Crippen LogP contribution >= 0.6 is 0 Å². The van der Waals surface area contributed by atoms with Crippen molar-refractivity contribution in [2.45, 2.75) is 24.8 Å². The molecule has 1 aromatic carbocycles. The van der Waals surface area contributed by atoms with Crippen LogP contribution in [0.15, 0.2) is 35.5 Å². The second-order valence-electron chi connectivity index (χ2n) is 6.19. The van der Waals surface area contributed by atoms with Gasteiger partial charge in [-0.1, -0.05) is 29.8 Å². The van der Waals surface area contributed by atoms with E-state index in [4.69, 9.17) is 0 Å². The number of carboxylic acid groups (broad SMARTS) is 1. The third kappa shape index (κ3) is 2.70. The molecule has 0 saturated carbocycles. The Morgan fingerprint density at radius 1 is 1.31 bits per heavy atom. The van der Waals surface area contributed by atoms with E-state index >= 15 is 0 Å². The number of nitrogens with zero attached hydrogens (tertiary/aromatic N) is 1. The van der Waals surface area contributed by atoms with Gasteiger partial charge in [0.05, 0.1) is 17.4 Å². The van der Waals surface area contributed by atoms with Crippen molar-refractivity contribution < 1.29 is 57.5 Å². The quantitative estimate of drug-likeness (QED) is 0.316. The van der Waals surface area contributed by atoms with Gasteiger partial charge in [0.15, 0.2) is 20.8 Å². The Balaban J connectivity index is 0.00000243. The smallest absolute Gasteiger partial charge is 0.543 e. The average molecular weight is 386 g/mol. The summed E-state index contributed by atoms with van der Waals surface area (Å²) in [5, 5.41) is 12.2. The van der Waals surface area contributed by atoms with E-state index in [2.05, 4.69) is 5.32 Å². The van der Waals surface area contributed by atoms with Crippen molar-refractivity contribution in [3.63, 3.8) is 0 Å². The molecule has 1 unspecified atom stereocenters. The molecule has 2 amide bonds. The van der Waals surface area contributed by atoms with Crippen molar-refractivity contribution >= 4 is 28.1 Å². The van der Waals surface area contributed by atoms with Crippen molar-refractivity contribution in [2.75, 3.05) is 5.75 Å². The number of carboxylic acids is 1. The molecular formula is C16H15N2NaO6S. The van der Waals surface area contributed by atoms with E-state index in [9.17, 15) is 27.9 Å². The summed E-state index contributed by atoms with van der Waals surface area (Å²) in [6.45, 7) is 3.14. The van der Waals surface area contributed by atoms with Crippen LogP contribution in [-0.4, -0.2) is 42.7 Å². The summed E-state index contributed by atoms with van der Waals surface area (Å²) in [6, 6.07) is 6.44. The standard InChI is InChI=1S/C16H16N2O6S.Na/c1-9-3-5-11(6-4-9)16(17-8-19)14(22)18-12(13(20)21)10(2)7-25(23,24)15(16)18;/h3-6,8,15H,7H2,1-2H3,(H,17,19)(H,20,21);/q;+1/p-1/t15-,16?;/m0./s1. The summed E-state index contributed by atoms with van der Waals surface area (Å²) < 4.78 is 25.4. The van der Waals surface area contributed by atoms with E-state index in [1.165, 1.54) is 6.92 Å². The molecule has 132 valence electrons. The number of hydrogen-bond acceptors (Lipinski definition) is 6. The van der Waals surface area contributed by atoms with Gasteiger partial charge in [0, 0.05) is 0 Å². The number of benzene rings is 1. The molecule has 0 spiro atoms. The minimum Gasteiger partial charge on any atom is -0.543 e. The van der Waals surface area contributed by atoms with E-state index in [0.29, 0.717) is 4.90 Å². The molecule has 0 radical (unpaired) electrons. The fourth-order valence-corrected chi connectivity index (χ4v) is 5.76. The number of β-lactam (4-membered cyclic amide) rings is 1. The Morgan fingerprint density at radius 2 is 1.88 bits per heavy atom. The van der Waals surface area contributed by atoms with Crippen LogP contribution in [0.1, 0.15) is 18.1 Å². The van der Waals surface area contributed by atoms with E-state index in [-0.39, 0.29) is 47.1 Å². The zero-order valence-electron chi connectivity index (χ0n) is 14.5. The summed E-state index contributed by atoms with van der Waals surface area (Å²) >= 11 is 0. The SMILES string of the molecule is CC1=C(C(=O)[O-])N2C(=O)C(NC=O)(c3ccc(C)cc3)[C@@H]2S(=O)(=O)C1.[Na+]. The first kappa shape index (κ1) is 20.6. The molecular weight excluding hydrogens is 371 g/mol. The molecule has 10 heteroatoms. The maximum atomic E-state index is 12.9. The summed E-state index contributed by atoms with van der Waals surface area (Å²) in [4.78, 5) is 36.1. The van der Waals surface area contributed by atoms with Crippen LogP contribution < -0.4 is 40.0 Å². The number of aliphatic carboxylic acids is 1. The van der Waals surface area contributed by atoms with Crippen molar-refractivity contribution in [3.05, 3.63) is 46.7 Å². The minimum absolute atomic E-state index is 0. The monoisotopic (exact) mass is 386 g/mol. The molecule has 1 N–H and O–H groups in total. The maximum Gasteiger partial charge on any atom is 1.00 e. The van der Waals surface area contributed by atoms with Gasteiger partial charge in [-0.15, -0.1) is 0 Å². The van der Waals surface area contributed by atoms with Gasteiger partial charge < -0.3 is 15.2 Å². The normalized spacial score (nSPS) is 26.3. The van der Waals surface area contributed by atoms with Gasteiger partial charge >= 0.3 is 29.6 Å². The molecule has 2 heterocycles. The van der Waals surface area contributed by atoms with E-state index in [1.807, 2.05) is 6.92 Å². The Hall–Kier alpha value is -1.68. The number of hydrogen-bond donors (Lipinski definition) is 1. The molecule has 2 aliphatic rings. The number of aryl methyl sites for hydroxylation is 1. The Bertz CT molecular complexity index is 925. The number of fused-ring (bicyclic) bond motifs is 1. The van der Waals surface area contributed by atoms with Crippen LogP contribution in [0.4, 0.5) is 0 Å². The van der Waals surface area contributed by atoms with Gasteiger partial charge in [0.2, 0.25) is 6.41 Å². The number of carbonyl (C=O) groups excluding carboxylic acids is 3. The number of carbonyl (C=O) groups is 3. The molecule has 8 nitrogen and oxygen atoms in total. The van der Waals surface area contributed by atoms with Crippen LogP contribution in [0, 0.1) is 6.92 Å². The Labute approximate surface area is 172 Å². The molecule has 0 aliphatic carbocycles. The van der Waals surface area contributed by atoms with Gasteiger partial charge in [0.25, 0.3) is 5.91 Å². The van der Waals surface area contributed by atoms with Crippen LogP contribution in [-0.2, 0) is 29.8 Å². The summed E-state index contributed by atoms with van der Waals surface area (Å²) in [7, 11) is -3.93. The predicted molar refractivity (Wildman–Crippen MR) is 84.2 cm³/mol. The topological polar surface area (TPSA) is 124 Å². The molecule has 1 saturated heterocycles. The van der Waals surface area contributed by atoms with Crippen molar-refractivity contribution in [2.24, 2.45) is 0 Å². The van der Waals surface area contributed by atoms with Crippen LogP contribution in [0.25, 0.3) is 0 Å². The first-order valence-corrected chi connectivity index (χ1v) is 9.13. The van der Waals surface area contributed by atoms with Gasteiger partial charge in [-0.3, -0.25) is 14.5 Å². The summed E-state index contributed by atoms with van der Waals surface area (Å²) in [5.41, 5.74) is -1.13. The largest absolute Gasteiger partial charge is 1.00 e. The second-order valence-corrected chi connectivity index (χ2v) is 8.25. The number of amides is 2. The third-order valence-corrected chi connectivity index (χ3v) is 6.63. The Morgan fingerprint density at radius 3 is 2.38 bits per heavy atom. The molecule has 0 aromatic heterocycles. The van der Waals surface area contributed by atoms with Crippen LogP contribution in [0.5, 0.6) is 0 Å². The minimum atomic E-state index is -3.93. The van der Waals surface area contributed by atoms with E-state index < -0.39 is 44.1 Å². The molecule has 1 fully saturated rings. The van der Waals surface area contributed by atoms with Crippen LogP contribution in [0.3, 0.4) is 0 Å². The molecule has 26 heavy (non-hydrogen) atoms. The Kier molecular flexibility index (Phi) is 5.40. The number of sulfone groups is 1. The van der Waals surface area contributed by atoms with Gasteiger partial charge in [-0.25, -0.2) is 8.42 Å². The second kappa shape index (κ2) is 6.80. The predicted octanol–water partition coefficient (Wildman–Crippen LogP) is -4.44. The van der Waals surface area contributed by atoms with Gasteiger partial charge in [-0.2, -0.15) is 0 Å². The van der Waals surface area contributed by atoms with E-state index in [0.717, 1.165) is 5.56 Å². The maximum absolute atomic E-state index is 12.9. The van der Waals surface area contributed by atoms with Crippen molar-refractivity contribution in [1.29, 1.82) is 0 Å². The molecule has 2 aliphatic heterocycles. The zero-order valence-corrected chi connectivity index (χ0v) is 17.3. The molecule has 2 atom stereocenters. The number of nitrogens with one attached hydrogen (secondary N) is 1. The van der Waals surface area contributed by atoms with Gasteiger partial charge in [-0.05, 0) is 25.0 Å². The third-order valence-electron chi connectivity index (χ3n) is 4.55. The molecule has 0 bridgehead atoms. The summed E-state index contributed by atoms with van der Waals surface area (Å²) in [5.74, 6) is -2.98. The molecule has 3 rings (SSSR count). The zero-order chi connectivity index (χ0) is 18.6. The summed E-state index contributed by atoms with van der Waals surface area (Å²) in [6.07, 6.45) is 0.245. The molecule has 1 aromatic rings. The van der Waals surface area contributed by atoms with Gasteiger partial charge in [0.1, 0.15) is 0 Å². The average Bonchev–Trinajstić information content (AvgIpc) is 2.51. The van der Waals surface area contributed by atoms with Crippen molar-refractivity contribution in [1.82, 2.24) is 10.2 Å². The van der Waals surface area contributed by atoms with Crippen molar-refractivity contribution in [3.8, 4) is 0 Å². The fraction of sp³-hybridized carbons (Fsp3) is 0.312. The fourth-order valence-electron chi connectivity index (χ4n) is 3.50. The first-order chi connectivity index (χ1) is 11.7.